The highest BCUT2D eigenvalue weighted by Crippen LogP contribution is 2.24. The van der Waals surface area contributed by atoms with Crippen molar-refractivity contribution in [2.24, 2.45) is 5.92 Å². The lowest BCUT2D eigenvalue weighted by molar-refractivity contribution is -0.122. The van der Waals surface area contributed by atoms with Gasteiger partial charge in [0.2, 0.25) is 15.9 Å². The van der Waals surface area contributed by atoms with Crippen LogP contribution in [-0.4, -0.2) is 36.7 Å². The minimum atomic E-state index is -3.74. The minimum absolute atomic E-state index is 0.0264. The van der Waals surface area contributed by atoms with E-state index in [1.807, 2.05) is 12.3 Å². The number of halogens is 1. The number of rotatable bonds is 8. The number of nitrogens with zero attached hydrogens (tertiary/aromatic N) is 2. The molecule has 1 aliphatic rings. The maximum absolute atomic E-state index is 13.3. The highest BCUT2D eigenvalue weighted by Gasteiger charge is 2.25. The van der Waals surface area contributed by atoms with Crippen molar-refractivity contribution < 1.29 is 17.6 Å². The predicted molar refractivity (Wildman–Crippen MR) is 102 cm³/mol. The molecule has 1 aromatic carbocycles. The summed E-state index contributed by atoms with van der Waals surface area (Å²) in [5.74, 6) is -0.478. The summed E-state index contributed by atoms with van der Waals surface area (Å²) < 4.78 is 42.2. The van der Waals surface area contributed by atoms with Crippen LogP contribution in [0.15, 0.2) is 47.6 Å². The van der Waals surface area contributed by atoms with Crippen LogP contribution < -0.4 is 10.0 Å². The summed E-state index contributed by atoms with van der Waals surface area (Å²) in [6.07, 6.45) is 7.28. The summed E-state index contributed by atoms with van der Waals surface area (Å²) in [6.45, 7) is 0.806. The fraction of sp³-hybridized carbons (Fsp3) is 0.474. The molecule has 1 fully saturated rings. The molecule has 1 aromatic heterocycles. The van der Waals surface area contributed by atoms with Crippen LogP contribution in [0, 0.1) is 11.7 Å². The van der Waals surface area contributed by atoms with E-state index in [2.05, 4.69) is 15.1 Å². The van der Waals surface area contributed by atoms with Gasteiger partial charge in [0, 0.05) is 37.9 Å². The third kappa shape index (κ3) is 5.87. The maximum atomic E-state index is 13.3. The quantitative estimate of drug-likeness (QED) is 0.699. The summed E-state index contributed by atoms with van der Waals surface area (Å²) in [4.78, 5) is 12.1. The van der Waals surface area contributed by atoms with E-state index in [1.165, 1.54) is 18.2 Å². The van der Waals surface area contributed by atoms with Gasteiger partial charge in [-0.1, -0.05) is 12.5 Å². The monoisotopic (exact) mass is 408 g/mol. The molecule has 9 heteroatoms. The molecule has 2 aromatic rings. The van der Waals surface area contributed by atoms with E-state index in [4.69, 9.17) is 0 Å². The fourth-order valence-corrected chi connectivity index (χ4v) is 4.65. The summed E-state index contributed by atoms with van der Waals surface area (Å²) in [6, 6.07) is 6.82. The molecular formula is C19H25FN4O3S. The van der Waals surface area contributed by atoms with Crippen molar-refractivity contribution in [3.05, 3.63) is 48.5 Å². The number of nitrogens with one attached hydrogen (secondary N) is 2. The number of amides is 1. The standard InChI is InChI=1S/C19H25FN4O3S/c20-16-5-2-7-18(13-16)28(26,27)22-14-15-4-1-6-17(12-15)23-19(25)8-11-24-10-3-9-21-24/h2-3,5,7,9-10,13,15,17,22H,1,4,6,8,11-12,14H2,(H,23,25)/t15-,17+/m1/s1. The lowest BCUT2D eigenvalue weighted by Gasteiger charge is -2.30. The van der Waals surface area contributed by atoms with Crippen LogP contribution in [0.25, 0.3) is 0 Å². The Balaban J connectivity index is 1.46. The first-order valence-electron chi connectivity index (χ1n) is 9.44. The number of aryl methyl sites for hydroxylation is 1. The van der Waals surface area contributed by atoms with Crippen LogP contribution in [-0.2, 0) is 21.4 Å². The predicted octanol–water partition coefficient (Wildman–Crippen LogP) is 2.07. The Hall–Kier alpha value is -2.26. The Morgan fingerprint density at radius 1 is 1.29 bits per heavy atom. The molecule has 152 valence electrons. The van der Waals surface area contributed by atoms with Crippen LogP contribution in [0.5, 0.6) is 0 Å². The van der Waals surface area contributed by atoms with Gasteiger partial charge < -0.3 is 5.32 Å². The van der Waals surface area contributed by atoms with Crippen LogP contribution in [0.1, 0.15) is 32.1 Å². The highest BCUT2D eigenvalue weighted by atomic mass is 32.2. The molecule has 0 spiro atoms. The number of aromatic nitrogens is 2. The van der Waals surface area contributed by atoms with Crippen molar-refractivity contribution in [2.45, 2.75) is 49.6 Å². The second-order valence-electron chi connectivity index (χ2n) is 7.13. The van der Waals surface area contributed by atoms with Gasteiger partial charge in [0.15, 0.2) is 0 Å². The average molecular weight is 408 g/mol. The third-order valence-corrected chi connectivity index (χ3v) is 6.36. The van der Waals surface area contributed by atoms with Crippen LogP contribution in [0.4, 0.5) is 4.39 Å². The smallest absolute Gasteiger partial charge is 0.240 e. The van der Waals surface area contributed by atoms with Gasteiger partial charge in [-0.05, 0) is 49.4 Å². The SMILES string of the molecule is O=C(CCn1cccn1)N[C@H]1CCC[C@@H](CNS(=O)(=O)c2cccc(F)c2)C1. The molecular weight excluding hydrogens is 383 g/mol. The fourth-order valence-electron chi connectivity index (χ4n) is 3.50. The van der Waals surface area contributed by atoms with Gasteiger partial charge in [-0.15, -0.1) is 0 Å². The normalized spacial score (nSPS) is 20.0. The molecule has 3 rings (SSSR count). The van der Waals surface area contributed by atoms with Crippen molar-refractivity contribution >= 4 is 15.9 Å². The van der Waals surface area contributed by atoms with E-state index in [0.29, 0.717) is 13.0 Å². The molecule has 0 unspecified atom stereocenters. The van der Waals surface area contributed by atoms with Crippen LogP contribution in [0.2, 0.25) is 0 Å². The molecule has 1 aliphatic carbocycles. The molecule has 2 N–H and O–H groups in total. The summed E-state index contributed by atoms with van der Waals surface area (Å²) in [7, 11) is -3.74. The molecule has 0 aliphatic heterocycles. The zero-order valence-electron chi connectivity index (χ0n) is 15.6. The van der Waals surface area contributed by atoms with Gasteiger partial charge in [-0.25, -0.2) is 17.5 Å². The largest absolute Gasteiger partial charge is 0.353 e. The number of hydrogen-bond acceptors (Lipinski definition) is 4. The average Bonchev–Trinajstić information content (AvgIpc) is 3.19. The van der Waals surface area contributed by atoms with Crippen LogP contribution >= 0.6 is 0 Å². The lowest BCUT2D eigenvalue weighted by Crippen LogP contribution is -2.41. The van der Waals surface area contributed by atoms with Gasteiger partial charge in [-0.3, -0.25) is 9.48 Å². The maximum Gasteiger partial charge on any atom is 0.240 e. The summed E-state index contributed by atoms with van der Waals surface area (Å²) >= 11 is 0. The Morgan fingerprint density at radius 2 is 2.14 bits per heavy atom. The van der Waals surface area contributed by atoms with E-state index in [1.54, 1.807) is 10.9 Å². The Kier molecular flexibility index (Phi) is 6.79. The second kappa shape index (κ2) is 9.29. The molecule has 28 heavy (non-hydrogen) atoms. The second-order valence-corrected chi connectivity index (χ2v) is 8.89. The first-order chi connectivity index (χ1) is 13.4. The van der Waals surface area contributed by atoms with Crippen molar-refractivity contribution in [3.63, 3.8) is 0 Å². The van der Waals surface area contributed by atoms with Gasteiger partial charge in [0.1, 0.15) is 5.82 Å². The van der Waals surface area contributed by atoms with E-state index in [-0.39, 0.29) is 29.3 Å². The van der Waals surface area contributed by atoms with Crippen molar-refractivity contribution in [1.82, 2.24) is 19.8 Å². The number of carbonyl (C=O) groups is 1. The number of hydrogen-bond donors (Lipinski definition) is 2. The Bertz CT molecular complexity index is 886. The van der Waals surface area contributed by atoms with Crippen LogP contribution in [0.3, 0.4) is 0 Å². The molecule has 1 saturated carbocycles. The molecule has 0 radical (unpaired) electrons. The topological polar surface area (TPSA) is 93.1 Å². The molecule has 2 atom stereocenters. The first kappa shape index (κ1) is 20.5. The number of benzene rings is 1. The van der Waals surface area contributed by atoms with Crippen molar-refractivity contribution in [1.29, 1.82) is 0 Å². The zero-order chi connectivity index (χ0) is 20.0. The lowest BCUT2D eigenvalue weighted by atomic mass is 9.86. The number of sulfonamides is 1. The molecule has 7 nitrogen and oxygen atoms in total. The highest BCUT2D eigenvalue weighted by molar-refractivity contribution is 7.89. The first-order valence-corrected chi connectivity index (χ1v) is 10.9. The molecule has 1 amide bonds. The van der Waals surface area contributed by atoms with E-state index < -0.39 is 15.8 Å². The molecule has 0 bridgehead atoms. The van der Waals surface area contributed by atoms with E-state index >= 15 is 0 Å². The summed E-state index contributed by atoms with van der Waals surface area (Å²) in [5, 5.41) is 7.11. The Morgan fingerprint density at radius 3 is 2.89 bits per heavy atom. The van der Waals surface area contributed by atoms with Gasteiger partial charge in [0.05, 0.1) is 4.90 Å². The Labute approximate surface area is 164 Å². The van der Waals surface area contributed by atoms with Gasteiger partial charge in [-0.2, -0.15) is 5.10 Å². The zero-order valence-corrected chi connectivity index (χ0v) is 16.4. The summed E-state index contributed by atoms with van der Waals surface area (Å²) in [5.41, 5.74) is 0. The third-order valence-electron chi connectivity index (χ3n) is 4.94. The minimum Gasteiger partial charge on any atom is -0.353 e. The van der Waals surface area contributed by atoms with Gasteiger partial charge in [0.25, 0.3) is 0 Å². The van der Waals surface area contributed by atoms with E-state index in [0.717, 1.165) is 31.7 Å². The van der Waals surface area contributed by atoms with E-state index in [9.17, 15) is 17.6 Å². The van der Waals surface area contributed by atoms with Crippen molar-refractivity contribution in [2.75, 3.05) is 6.54 Å². The molecule has 0 saturated heterocycles. The molecule has 1 heterocycles. The van der Waals surface area contributed by atoms with Crippen molar-refractivity contribution in [3.8, 4) is 0 Å². The van der Waals surface area contributed by atoms with Gasteiger partial charge >= 0.3 is 0 Å². The number of carbonyl (C=O) groups excluding carboxylic acids is 1.